The molecule has 0 aromatic rings. The molecule has 21 heavy (non-hydrogen) atoms. The van der Waals surface area contributed by atoms with Crippen LogP contribution in [0.15, 0.2) is 12.5 Å². The summed E-state index contributed by atoms with van der Waals surface area (Å²) in [6, 6.07) is 0. The summed E-state index contributed by atoms with van der Waals surface area (Å²) in [5.41, 5.74) is 0. The molecule has 0 aromatic heterocycles. The van der Waals surface area contributed by atoms with Gasteiger partial charge in [-0.05, 0) is 32.8 Å². The maximum atomic E-state index is 11.8. The molecule has 4 nitrogen and oxygen atoms in total. The molecule has 124 valence electrons. The maximum absolute atomic E-state index is 11.8. The van der Waals surface area contributed by atoms with Crippen molar-refractivity contribution >= 4 is 5.91 Å². The van der Waals surface area contributed by atoms with E-state index in [1.807, 2.05) is 18.9 Å². The normalized spacial score (nSPS) is 10.2. The number of ether oxygens (including phenoxy) is 1. The summed E-state index contributed by atoms with van der Waals surface area (Å²) < 4.78 is 5.22. The van der Waals surface area contributed by atoms with E-state index in [-0.39, 0.29) is 5.91 Å². The van der Waals surface area contributed by atoms with E-state index in [2.05, 4.69) is 18.8 Å². The summed E-state index contributed by atoms with van der Waals surface area (Å²) in [4.78, 5) is 13.7. The quantitative estimate of drug-likeness (QED) is 0.393. The number of unbranched alkanes of at least 4 members (excludes halogenated alkanes) is 5. The van der Waals surface area contributed by atoms with Crippen molar-refractivity contribution in [3.05, 3.63) is 12.5 Å². The highest BCUT2D eigenvalue weighted by Gasteiger charge is 2.07. The number of carbonyl (C=O) groups excluding carboxylic acids is 1. The number of carbonyl (C=O) groups is 1. The van der Waals surface area contributed by atoms with Crippen LogP contribution in [0.25, 0.3) is 0 Å². The molecule has 0 unspecified atom stereocenters. The maximum Gasteiger partial charge on any atom is 0.222 e. The zero-order chi connectivity index (χ0) is 15.9. The highest BCUT2D eigenvalue weighted by Crippen LogP contribution is 2.05. The molecular weight excluding hydrogens is 264 g/mol. The standard InChI is InChI=1S/C17H34N2O2/c1-5-7-10-13-17(20)19(4)15-12-9-8-11-14-18-16(3)21-6-2/h18H,3,5-15H2,1-2,4H3. The molecule has 0 fully saturated rings. The minimum absolute atomic E-state index is 0.290. The fourth-order valence-electron chi connectivity index (χ4n) is 2.12. The first-order valence-corrected chi connectivity index (χ1v) is 8.41. The third-order valence-electron chi connectivity index (χ3n) is 3.48. The van der Waals surface area contributed by atoms with E-state index in [1.54, 1.807) is 0 Å². The number of nitrogens with one attached hydrogen (secondary N) is 1. The molecule has 0 spiro atoms. The van der Waals surface area contributed by atoms with Gasteiger partial charge in [-0.1, -0.05) is 32.6 Å². The summed E-state index contributed by atoms with van der Waals surface area (Å²) >= 11 is 0. The molecule has 0 aromatic carbocycles. The van der Waals surface area contributed by atoms with Crippen LogP contribution in [0.5, 0.6) is 0 Å². The molecule has 4 heteroatoms. The van der Waals surface area contributed by atoms with Crippen LogP contribution in [-0.4, -0.2) is 37.6 Å². The lowest BCUT2D eigenvalue weighted by atomic mass is 10.1. The van der Waals surface area contributed by atoms with E-state index < -0.39 is 0 Å². The van der Waals surface area contributed by atoms with Crippen molar-refractivity contribution < 1.29 is 9.53 Å². The fraction of sp³-hybridized carbons (Fsp3) is 0.824. The Balaban J connectivity index is 3.41. The Kier molecular flexibility index (Phi) is 13.0. The third kappa shape index (κ3) is 12.3. The van der Waals surface area contributed by atoms with E-state index in [9.17, 15) is 4.79 Å². The Labute approximate surface area is 130 Å². The summed E-state index contributed by atoms with van der Waals surface area (Å²) in [6.07, 6.45) is 8.57. The van der Waals surface area contributed by atoms with Gasteiger partial charge in [-0.3, -0.25) is 4.79 Å². The molecule has 1 amide bonds. The highest BCUT2D eigenvalue weighted by molar-refractivity contribution is 5.75. The van der Waals surface area contributed by atoms with Crippen molar-refractivity contribution in [2.24, 2.45) is 0 Å². The van der Waals surface area contributed by atoms with Crippen molar-refractivity contribution in [1.29, 1.82) is 0 Å². The Morgan fingerprint density at radius 2 is 1.81 bits per heavy atom. The molecule has 0 bridgehead atoms. The van der Waals surface area contributed by atoms with Gasteiger partial charge in [0, 0.05) is 26.6 Å². The van der Waals surface area contributed by atoms with Crippen LogP contribution in [0.4, 0.5) is 0 Å². The molecule has 0 radical (unpaired) electrons. The van der Waals surface area contributed by atoms with Crippen LogP contribution >= 0.6 is 0 Å². The Hall–Kier alpha value is -1.19. The topological polar surface area (TPSA) is 41.6 Å². The smallest absolute Gasteiger partial charge is 0.222 e. The molecule has 0 saturated carbocycles. The molecule has 1 N–H and O–H groups in total. The predicted molar refractivity (Wildman–Crippen MR) is 89.0 cm³/mol. The van der Waals surface area contributed by atoms with Gasteiger partial charge in [-0.25, -0.2) is 0 Å². The minimum atomic E-state index is 0.290. The number of hydrogen-bond donors (Lipinski definition) is 1. The molecule has 0 aliphatic heterocycles. The molecule has 0 heterocycles. The number of amides is 1. The first-order chi connectivity index (χ1) is 10.1. The van der Waals surface area contributed by atoms with Crippen molar-refractivity contribution in [2.75, 3.05) is 26.7 Å². The lowest BCUT2D eigenvalue weighted by Gasteiger charge is -2.17. The summed E-state index contributed by atoms with van der Waals surface area (Å²) in [5, 5.41) is 3.15. The molecular formula is C17H34N2O2. The second-order valence-electron chi connectivity index (χ2n) is 5.47. The summed E-state index contributed by atoms with van der Waals surface area (Å²) in [7, 11) is 1.92. The number of hydrogen-bond acceptors (Lipinski definition) is 3. The van der Waals surface area contributed by atoms with Gasteiger partial charge in [-0.2, -0.15) is 0 Å². The monoisotopic (exact) mass is 298 g/mol. The molecule has 0 saturated heterocycles. The zero-order valence-corrected chi connectivity index (χ0v) is 14.2. The van der Waals surface area contributed by atoms with Gasteiger partial charge in [0.25, 0.3) is 0 Å². The van der Waals surface area contributed by atoms with Crippen LogP contribution in [0, 0.1) is 0 Å². The Morgan fingerprint density at radius 3 is 2.48 bits per heavy atom. The van der Waals surface area contributed by atoms with E-state index in [4.69, 9.17) is 4.74 Å². The van der Waals surface area contributed by atoms with Gasteiger partial charge >= 0.3 is 0 Å². The molecule has 0 aliphatic carbocycles. The van der Waals surface area contributed by atoms with Crippen molar-refractivity contribution in [2.45, 2.75) is 65.2 Å². The first kappa shape index (κ1) is 19.8. The summed E-state index contributed by atoms with van der Waals surface area (Å²) in [5.74, 6) is 0.952. The van der Waals surface area contributed by atoms with Crippen LogP contribution in [0.1, 0.15) is 65.2 Å². The summed E-state index contributed by atoms with van der Waals surface area (Å²) in [6.45, 7) is 10.3. The van der Waals surface area contributed by atoms with Crippen LogP contribution < -0.4 is 5.32 Å². The van der Waals surface area contributed by atoms with Crippen molar-refractivity contribution in [1.82, 2.24) is 10.2 Å². The van der Waals surface area contributed by atoms with Crippen LogP contribution in [0.3, 0.4) is 0 Å². The zero-order valence-electron chi connectivity index (χ0n) is 14.2. The highest BCUT2D eigenvalue weighted by atomic mass is 16.5. The molecule has 0 aliphatic rings. The van der Waals surface area contributed by atoms with Crippen LogP contribution in [0.2, 0.25) is 0 Å². The first-order valence-electron chi connectivity index (χ1n) is 8.41. The lowest BCUT2D eigenvalue weighted by Crippen LogP contribution is -2.27. The second-order valence-corrected chi connectivity index (χ2v) is 5.47. The largest absolute Gasteiger partial charge is 0.480 e. The minimum Gasteiger partial charge on any atom is -0.480 e. The van der Waals surface area contributed by atoms with E-state index in [0.29, 0.717) is 18.9 Å². The van der Waals surface area contributed by atoms with Crippen LogP contribution in [-0.2, 0) is 9.53 Å². The SMILES string of the molecule is C=C(NCCCCCCN(C)C(=O)CCCCC)OCC. The van der Waals surface area contributed by atoms with Crippen molar-refractivity contribution in [3.63, 3.8) is 0 Å². The van der Waals surface area contributed by atoms with Gasteiger partial charge < -0.3 is 15.0 Å². The fourth-order valence-corrected chi connectivity index (χ4v) is 2.12. The molecule has 0 atom stereocenters. The number of rotatable bonds is 14. The van der Waals surface area contributed by atoms with Gasteiger partial charge in [-0.15, -0.1) is 0 Å². The van der Waals surface area contributed by atoms with Gasteiger partial charge in [0.2, 0.25) is 5.91 Å². The van der Waals surface area contributed by atoms with Gasteiger partial charge in [0.1, 0.15) is 0 Å². The average molecular weight is 298 g/mol. The lowest BCUT2D eigenvalue weighted by molar-refractivity contribution is -0.130. The average Bonchev–Trinajstić information content (AvgIpc) is 2.46. The molecule has 0 rings (SSSR count). The third-order valence-corrected chi connectivity index (χ3v) is 3.48. The predicted octanol–water partition coefficient (Wildman–Crippen LogP) is 3.68. The van der Waals surface area contributed by atoms with Gasteiger partial charge in [0.15, 0.2) is 5.88 Å². The van der Waals surface area contributed by atoms with E-state index in [1.165, 1.54) is 12.8 Å². The second kappa shape index (κ2) is 13.8. The number of nitrogens with zero attached hydrogens (tertiary/aromatic N) is 1. The van der Waals surface area contributed by atoms with E-state index in [0.717, 1.165) is 45.2 Å². The Morgan fingerprint density at radius 1 is 1.10 bits per heavy atom. The van der Waals surface area contributed by atoms with Gasteiger partial charge in [0.05, 0.1) is 6.61 Å². The van der Waals surface area contributed by atoms with E-state index >= 15 is 0 Å². The van der Waals surface area contributed by atoms with Crippen molar-refractivity contribution in [3.8, 4) is 0 Å². The Bertz CT molecular complexity index is 280.